The molecule has 0 saturated carbocycles. The lowest BCUT2D eigenvalue weighted by Gasteiger charge is -1.95. The van der Waals surface area contributed by atoms with E-state index in [0.717, 1.165) is 23.5 Å². The summed E-state index contributed by atoms with van der Waals surface area (Å²) in [5, 5.41) is 8.07. The smallest absolute Gasteiger partial charge is 0.113 e. The molecule has 0 amide bonds. The van der Waals surface area contributed by atoms with Crippen molar-refractivity contribution >= 4 is 0 Å². The maximum absolute atomic E-state index is 4.14. The normalized spacial score (nSPS) is 9.50. The molecule has 0 aliphatic rings. The highest BCUT2D eigenvalue weighted by Crippen LogP contribution is 2.15. The number of hydrogen-bond acceptors (Lipinski definition) is 3. The third kappa shape index (κ3) is 2.89. The van der Waals surface area contributed by atoms with Crippen molar-refractivity contribution in [1.29, 1.82) is 0 Å². The quantitative estimate of drug-likeness (QED) is 0.778. The lowest BCUT2D eigenvalue weighted by Crippen LogP contribution is -1.93. The molecule has 0 bridgehead atoms. The summed E-state index contributed by atoms with van der Waals surface area (Å²) in [4.78, 5) is 4.14. The number of hydrogen-bond donors (Lipinski definition) is 0. The van der Waals surface area contributed by atoms with E-state index in [1.807, 2.05) is 50.7 Å². The monoisotopic (exact) mass is 218 g/mol. The van der Waals surface area contributed by atoms with Crippen molar-refractivity contribution in [3.63, 3.8) is 0 Å². The van der Waals surface area contributed by atoms with Crippen LogP contribution in [0.25, 0.3) is 11.3 Å². The summed E-state index contributed by atoms with van der Waals surface area (Å²) >= 11 is 0. The molecule has 2 aromatic heterocycles. The van der Waals surface area contributed by atoms with E-state index in [1.165, 1.54) is 0 Å². The highest BCUT2D eigenvalue weighted by molar-refractivity contribution is 5.57. The average molecular weight is 218 g/mol. The summed E-state index contributed by atoms with van der Waals surface area (Å²) in [6, 6.07) is 3.95. The second kappa shape index (κ2) is 6.00. The zero-order valence-electron chi connectivity index (χ0n) is 10.3. The zero-order chi connectivity index (χ0) is 12.0. The third-order valence-electron chi connectivity index (χ3n) is 2.06. The van der Waals surface area contributed by atoms with Gasteiger partial charge in [0.25, 0.3) is 0 Å². The molecule has 0 unspecified atom stereocenters. The Bertz CT molecular complexity index is 434. The lowest BCUT2D eigenvalue weighted by atomic mass is 10.2. The molecule has 2 rings (SSSR count). The van der Waals surface area contributed by atoms with Crippen LogP contribution in [0.15, 0.2) is 24.5 Å². The van der Waals surface area contributed by atoms with Gasteiger partial charge in [0.1, 0.15) is 5.69 Å². The van der Waals surface area contributed by atoms with Gasteiger partial charge in [0.05, 0.1) is 6.20 Å². The Labute approximate surface area is 96.3 Å². The molecule has 0 fully saturated rings. The fraction of sp³-hybridized carbons (Fsp3) is 0.417. The van der Waals surface area contributed by atoms with E-state index in [4.69, 9.17) is 0 Å². The molecule has 0 aliphatic carbocycles. The lowest BCUT2D eigenvalue weighted by molar-refractivity contribution is 0.627. The first-order valence-electron chi connectivity index (χ1n) is 5.62. The van der Waals surface area contributed by atoms with Crippen LogP contribution in [0, 0.1) is 6.92 Å². The van der Waals surface area contributed by atoms with Crippen molar-refractivity contribution in [2.24, 2.45) is 0 Å². The minimum absolute atomic E-state index is 0.844. The Morgan fingerprint density at radius 2 is 2.06 bits per heavy atom. The van der Waals surface area contributed by atoms with Gasteiger partial charge in [0, 0.05) is 24.0 Å². The van der Waals surface area contributed by atoms with Crippen LogP contribution in [0.3, 0.4) is 0 Å². The number of pyridine rings is 1. The van der Waals surface area contributed by atoms with Gasteiger partial charge in [-0.05, 0) is 26.0 Å². The number of rotatable bonds is 2. The Kier molecular flexibility index (Phi) is 4.64. The Hall–Kier alpha value is -1.71. The summed E-state index contributed by atoms with van der Waals surface area (Å²) in [5.74, 6) is 0. The van der Waals surface area contributed by atoms with Gasteiger partial charge in [-0.3, -0.25) is 9.67 Å². The Morgan fingerprint density at radius 3 is 2.62 bits per heavy atom. The van der Waals surface area contributed by atoms with Crippen LogP contribution in [-0.4, -0.2) is 20.0 Å². The van der Waals surface area contributed by atoms with Crippen LogP contribution < -0.4 is 0 Å². The fourth-order valence-electron chi connectivity index (χ4n) is 1.29. The second-order valence-electron chi connectivity index (χ2n) is 3.15. The van der Waals surface area contributed by atoms with Crippen molar-refractivity contribution < 1.29 is 0 Å². The Morgan fingerprint density at radius 1 is 1.31 bits per heavy atom. The molecule has 0 radical (unpaired) electrons. The molecule has 0 spiro atoms. The van der Waals surface area contributed by atoms with Gasteiger partial charge in [-0.1, -0.05) is 19.1 Å². The van der Waals surface area contributed by atoms with Gasteiger partial charge < -0.3 is 0 Å². The molecule has 0 saturated heterocycles. The maximum atomic E-state index is 4.14. The standard InChI is InChI=1S/C10H12N4.C2H6/c1-3-14-7-10(12-13-14)9-4-5-11-8(2)6-9;1-2/h4-7H,3H2,1-2H3;1-2H3. The molecule has 4 heteroatoms. The molecule has 0 aliphatic heterocycles. The van der Waals surface area contributed by atoms with Gasteiger partial charge in [-0.15, -0.1) is 5.10 Å². The number of aromatic nitrogens is 4. The largest absolute Gasteiger partial charge is 0.262 e. The van der Waals surface area contributed by atoms with E-state index in [0.29, 0.717) is 0 Å². The van der Waals surface area contributed by atoms with Crippen molar-refractivity contribution in [2.75, 3.05) is 0 Å². The van der Waals surface area contributed by atoms with Gasteiger partial charge in [-0.2, -0.15) is 0 Å². The predicted octanol–water partition coefficient (Wildman–Crippen LogP) is 2.69. The highest BCUT2D eigenvalue weighted by atomic mass is 15.4. The molecule has 4 nitrogen and oxygen atoms in total. The van der Waals surface area contributed by atoms with Gasteiger partial charge in [-0.25, -0.2) is 0 Å². The van der Waals surface area contributed by atoms with E-state index in [9.17, 15) is 0 Å². The summed E-state index contributed by atoms with van der Waals surface area (Å²) in [6.07, 6.45) is 3.73. The Balaban J connectivity index is 0.000000606. The topological polar surface area (TPSA) is 43.6 Å². The van der Waals surface area contributed by atoms with Crippen LogP contribution >= 0.6 is 0 Å². The second-order valence-corrected chi connectivity index (χ2v) is 3.15. The zero-order valence-corrected chi connectivity index (χ0v) is 10.3. The minimum Gasteiger partial charge on any atom is -0.262 e. The third-order valence-corrected chi connectivity index (χ3v) is 2.06. The molecule has 16 heavy (non-hydrogen) atoms. The van der Waals surface area contributed by atoms with E-state index in [1.54, 1.807) is 6.20 Å². The molecular formula is C12H18N4. The molecule has 0 atom stereocenters. The first kappa shape index (κ1) is 12.4. The highest BCUT2D eigenvalue weighted by Gasteiger charge is 2.02. The number of aryl methyl sites for hydroxylation is 2. The summed E-state index contributed by atoms with van der Waals surface area (Å²) in [7, 11) is 0. The van der Waals surface area contributed by atoms with Gasteiger partial charge in [0.2, 0.25) is 0 Å². The van der Waals surface area contributed by atoms with Gasteiger partial charge in [0.15, 0.2) is 0 Å². The predicted molar refractivity (Wildman–Crippen MR) is 65.0 cm³/mol. The van der Waals surface area contributed by atoms with Crippen LogP contribution in [0.1, 0.15) is 26.5 Å². The fourth-order valence-corrected chi connectivity index (χ4v) is 1.29. The minimum atomic E-state index is 0.844. The average Bonchev–Trinajstić information content (AvgIpc) is 2.80. The SMILES string of the molecule is CC.CCn1cc(-c2ccnc(C)c2)nn1. The number of nitrogens with zero attached hydrogens (tertiary/aromatic N) is 4. The van der Waals surface area contributed by atoms with Gasteiger partial charge >= 0.3 is 0 Å². The van der Waals surface area contributed by atoms with Crippen molar-refractivity contribution in [1.82, 2.24) is 20.0 Å². The molecule has 0 N–H and O–H groups in total. The van der Waals surface area contributed by atoms with Crippen molar-refractivity contribution in [3.05, 3.63) is 30.2 Å². The van der Waals surface area contributed by atoms with Crippen LogP contribution in [0.4, 0.5) is 0 Å². The molecule has 2 aromatic rings. The van der Waals surface area contributed by atoms with Crippen molar-refractivity contribution in [2.45, 2.75) is 34.2 Å². The van der Waals surface area contributed by atoms with Crippen LogP contribution in [0.2, 0.25) is 0 Å². The van der Waals surface area contributed by atoms with E-state index in [-0.39, 0.29) is 0 Å². The summed E-state index contributed by atoms with van der Waals surface area (Å²) in [5.41, 5.74) is 2.96. The molecular weight excluding hydrogens is 200 g/mol. The first-order valence-corrected chi connectivity index (χ1v) is 5.62. The van der Waals surface area contributed by atoms with E-state index >= 15 is 0 Å². The van der Waals surface area contributed by atoms with E-state index < -0.39 is 0 Å². The van der Waals surface area contributed by atoms with E-state index in [2.05, 4.69) is 15.3 Å². The molecule has 86 valence electrons. The molecule has 0 aromatic carbocycles. The first-order chi connectivity index (χ1) is 7.79. The summed E-state index contributed by atoms with van der Waals surface area (Å²) < 4.78 is 1.81. The van der Waals surface area contributed by atoms with Crippen LogP contribution in [-0.2, 0) is 6.54 Å². The van der Waals surface area contributed by atoms with Crippen LogP contribution in [0.5, 0.6) is 0 Å². The maximum Gasteiger partial charge on any atom is 0.113 e. The molecule has 2 heterocycles. The van der Waals surface area contributed by atoms with Crippen molar-refractivity contribution in [3.8, 4) is 11.3 Å². The summed E-state index contributed by atoms with van der Waals surface area (Å²) in [6.45, 7) is 8.85.